The molecule has 0 fully saturated rings. The highest BCUT2D eigenvalue weighted by Gasteiger charge is 2.23. The molecule has 2 aromatic rings. The molecule has 170 valence electrons. The van der Waals surface area contributed by atoms with E-state index in [0.29, 0.717) is 17.1 Å². The molecule has 0 unspecified atom stereocenters. The normalized spacial score (nSPS) is 12.2. The van der Waals surface area contributed by atoms with Crippen molar-refractivity contribution in [3.05, 3.63) is 54.3 Å². The van der Waals surface area contributed by atoms with E-state index in [2.05, 4.69) is 16.0 Å². The third-order valence-corrected chi connectivity index (χ3v) is 5.18. The van der Waals surface area contributed by atoms with Gasteiger partial charge in [0.15, 0.2) is 6.10 Å². The summed E-state index contributed by atoms with van der Waals surface area (Å²) in [5.74, 6) is -2.13. The molecule has 0 aliphatic rings. The lowest BCUT2D eigenvalue weighted by atomic mass is 10.2. The van der Waals surface area contributed by atoms with Crippen LogP contribution in [0.4, 0.5) is 21.5 Å². The molecule has 2 atom stereocenters. The molecule has 3 amide bonds. The van der Waals surface area contributed by atoms with Crippen molar-refractivity contribution < 1.29 is 28.3 Å². The molecule has 2 aromatic carbocycles. The smallest absolute Gasteiger partial charge is 0.319 e. The summed E-state index contributed by atoms with van der Waals surface area (Å²) in [5.41, 5.74) is 1.51. The van der Waals surface area contributed by atoms with Crippen LogP contribution in [0.15, 0.2) is 48.5 Å². The monoisotopic (exact) mass is 461 g/mol. The number of halogens is 1. The number of carbonyl (C=O) groups is 4. The standard InChI is InChI=1S/C22H24FN3O5S/c1-13(21(29)26-19-10-8-17(9-11-19)24-15(3)27)31-22(30)14(2)32-12-20(28)25-18-6-4-16(23)5-7-18/h4-11,13-14H,12H2,1-3H3,(H,24,27)(H,25,28)(H,26,29)/t13-,14+/m0/s1. The third kappa shape index (κ3) is 8.38. The lowest BCUT2D eigenvalue weighted by Gasteiger charge is -2.16. The number of rotatable bonds is 9. The molecule has 2 rings (SSSR count). The number of benzene rings is 2. The molecule has 0 saturated carbocycles. The summed E-state index contributed by atoms with van der Waals surface area (Å²) in [4.78, 5) is 47.5. The lowest BCUT2D eigenvalue weighted by molar-refractivity contribution is -0.152. The van der Waals surface area contributed by atoms with Crippen LogP contribution in [0.25, 0.3) is 0 Å². The molecule has 0 radical (unpaired) electrons. The second-order valence-electron chi connectivity index (χ2n) is 6.84. The molecule has 0 aliphatic heterocycles. The Balaban J connectivity index is 1.76. The number of amides is 3. The van der Waals surface area contributed by atoms with Gasteiger partial charge in [-0.3, -0.25) is 19.2 Å². The number of anilines is 3. The van der Waals surface area contributed by atoms with E-state index in [-0.39, 0.29) is 17.6 Å². The minimum atomic E-state index is -1.05. The van der Waals surface area contributed by atoms with Gasteiger partial charge < -0.3 is 20.7 Å². The van der Waals surface area contributed by atoms with Gasteiger partial charge in [-0.05, 0) is 62.4 Å². The average Bonchev–Trinajstić information content (AvgIpc) is 2.74. The molecule has 10 heteroatoms. The second-order valence-corrected chi connectivity index (χ2v) is 8.16. The van der Waals surface area contributed by atoms with Gasteiger partial charge in [0.05, 0.1) is 5.75 Å². The first-order chi connectivity index (χ1) is 15.1. The lowest BCUT2D eigenvalue weighted by Crippen LogP contribution is -2.33. The first-order valence-corrected chi connectivity index (χ1v) is 10.7. The summed E-state index contributed by atoms with van der Waals surface area (Å²) in [6.45, 7) is 4.41. The van der Waals surface area contributed by atoms with E-state index in [1.54, 1.807) is 31.2 Å². The minimum absolute atomic E-state index is 0.0190. The van der Waals surface area contributed by atoms with Gasteiger partial charge in [0.2, 0.25) is 11.8 Å². The number of thioether (sulfide) groups is 1. The van der Waals surface area contributed by atoms with Crippen LogP contribution in [0.3, 0.4) is 0 Å². The Morgan fingerprint density at radius 1 is 0.875 bits per heavy atom. The van der Waals surface area contributed by atoms with Crippen LogP contribution < -0.4 is 16.0 Å². The number of esters is 1. The fraction of sp³-hybridized carbons (Fsp3) is 0.273. The highest BCUT2D eigenvalue weighted by Crippen LogP contribution is 2.17. The maximum atomic E-state index is 12.9. The molecule has 0 saturated heterocycles. The SMILES string of the molecule is CC(=O)Nc1ccc(NC(=O)[C@H](C)OC(=O)[C@@H](C)SCC(=O)Nc2ccc(F)cc2)cc1. The maximum Gasteiger partial charge on any atom is 0.319 e. The summed E-state index contributed by atoms with van der Waals surface area (Å²) in [7, 11) is 0. The van der Waals surface area contributed by atoms with Gasteiger partial charge in [-0.25, -0.2) is 4.39 Å². The molecule has 32 heavy (non-hydrogen) atoms. The molecule has 0 aromatic heterocycles. The average molecular weight is 462 g/mol. The van der Waals surface area contributed by atoms with Crippen molar-refractivity contribution in [1.82, 2.24) is 0 Å². The molecular formula is C22H24FN3O5S. The minimum Gasteiger partial charge on any atom is -0.452 e. The van der Waals surface area contributed by atoms with Crippen molar-refractivity contribution in [2.45, 2.75) is 32.1 Å². The number of carbonyl (C=O) groups excluding carboxylic acids is 4. The highest BCUT2D eigenvalue weighted by molar-refractivity contribution is 8.01. The summed E-state index contributed by atoms with van der Waals surface area (Å²) in [5, 5.41) is 7.16. The van der Waals surface area contributed by atoms with Crippen LogP contribution in [-0.4, -0.2) is 40.8 Å². The van der Waals surface area contributed by atoms with E-state index in [1.165, 1.54) is 38.1 Å². The van der Waals surface area contributed by atoms with Crippen molar-refractivity contribution >= 4 is 52.5 Å². The van der Waals surface area contributed by atoms with E-state index >= 15 is 0 Å². The van der Waals surface area contributed by atoms with Crippen LogP contribution in [0.2, 0.25) is 0 Å². The first-order valence-electron chi connectivity index (χ1n) is 9.70. The van der Waals surface area contributed by atoms with Crippen molar-refractivity contribution in [3.8, 4) is 0 Å². The molecular weight excluding hydrogens is 437 g/mol. The second kappa shape index (κ2) is 11.8. The van der Waals surface area contributed by atoms with Gasteiger partial charge in [0.1, 0.15) is 11.1 Å². The topological polar surface area (TPSA) is 114 Å². The number of nitrogens with one attached hydrogen (secondary N) is 3. The van der Waals surface area contributed by atoms with Crippen LogP contribution in [0.1, 0.15) is 20.8 Å². The van der Waals surface area contributed by atoms with E-state index in [4.69, 9.17) is 4.74 Å². The van der Waals surface area contributed by atoms with Crippen molar-refractivity contribution in [2.75, 3.05) is 21.7 Å². The van der Waals surface area contributed by atoms with Gasteiger partial charge in [-0.1, -0.05) is 0 Å². The van der Waals surface area contributed by atoms with Crippen LogP contribution in [0.5, 0.6) is 0 Å². The first kappa shape index (κ1) is 24.9. The molecule has 0 aliphatic carbocycles. The fourth-order valence-corrected chi connectivity index (χ4v) is 3.07. The Bertz CT molecular complexity index is 967. The van der Waals surface area contributed by atoms with Crippen LogP contribution >= 0.6 is 11.8 Å². The predicted molar refractivity (Wildman–Crippen MR) is 122 cm³/mol. The zero-order valence-corrected chi connectivity index (χ0v) is 18.6. The van der Waals surface area contributed by atoms with E-state index in [9.17, 15) is 23.6 Å². The van der Waals surface area contributed by atoms with Crippen molar-refractivity contribution in [1.29, 1.82) is 0 Å². The number of hydrogen-bond acceptors (Lipinski definition) is 6. The van der Waals surface area contributed by atoms with Gasteiger partial charge in [0, 0.05) is 24.0 Å². The number of ether oxygens (including phenoxy) is 1. The van der Waals surface area contributed by atoms with E-state index in [0.717, 1.165) is 11.8 Å². The van der Waals surface area contributed by atoms with Gasteiger partial charge >= 0.3 is 5.97 Å². The maximum absolute atomic E-state index is 12.9. The highest BCUT2D eigenvalue weighted by atomic mass is 32.2. The van der Waals surface area contributed by atoms with Crippen LogP contribution in [0, 0.1) is 5.82 Å². The molecule has 3 N–H and O–H groups in total. The Morgan fingerprint density at radius 3 is 1.94 bits per heavy atom. The van der Waals surface area contributed by atoms with Gasteiger partial charge in [-0.15, -0.1) is 11.8 Å². The zero-order valence-electron chi connectivity index (χ0n) is 17.8. The van der Waals surface area contributed by atoms with E-state index < -0.39 is 29.0 Å². The summed E-state index contributed by atoms with van der Waals surface area (Å²) < 4.78 is 18.1. The van der Waals surface area contributed by atoms with E-state index in [1.807, 2.05) is 0 Å². The Labute approximate surface area is 189 Å². The Morgan fingerprint density at radius 2 is 1.38 bits per heavy atom. The quantitative estimate of drug-likeness (QED) is 0.493. The van der Waals surface area contributed by atoms with Crippen molar-refractivity contribution in [2.24, 2.45) is 0 Å². The molecule has 0 heterocycles. The van der Waals surface area contributed by atoms with Crippen LogP contribution in [-0.2, 0) is 23.9 Å². The number of hydrogen-bond donors (Lipinski definition) is 3. The van der Waals surface area contributed by atoms with Gasteiger partial charge in [0.25, 0.3) is 5.91 Å². The molecule has 0 bridgehead atoms. The van der Waals surface area contributed by atoms with Crippen molar-refractivity contribution in [3.63, 3.8) is 0 Å². The summed E-state index contributed by atoms with van der Waals surface area (Å²) >= 11 is 1.05. The Hall–Kier alpha value is -3.40. The zero-order chi connectivity index (χ0) is 23.7. The Kier molecular flexibility index (Phi) is 9.21. The fourth-order valence-electron chi connectivity index (χ4n) is 2.41. The largest absolute Gasteiger partial charge is 0.452 e. The predicted octanol–water partition coefficient (Wildman–Crippen LogP) is 3.41. The molecule has 8 nitrogen and oxygen atoms in total. The molecule has 0 spiro atoms. The van der Waals surface area contributed by atoms with Gasteiger partial charge in [-0.2, -0.15) is 0 Å². The summed E-state index contributed by atoms with van der Waals surface area (Å²) in [6, 6.07) is 11.8. The third-order valence-electron chi connectivity index (χ3n) is 4.06. The summed E-state index contributed by atoms with van der Waals surface area (Å²) in [6.07, 6.45) is -1.05.